The van der Waals surface area contributed by atoms with E-state index in [1.165, 1.54) is 36.6 Å². The zero-order valence-electron chi connectivity index (χ0n) is 9.61. The van der Waals surface area contributed by atoms with Crippen molar-refractivity contribution >= 4 is 23.4 Å². The molecule has 0 radical (unpaired) electrons. The van der Waals surface area contributed by atoms with Crippen LogP contribution in [-0.2, 0) is 11.2 Å². The van der Waals surface area contributed by atoms with Gasteiger partial charge >= 0.3 is 5.97 Å². The summed E-state index contributed by atoms with van der Waals surface area (Å²) >= 11 is 1.68. The highest BCUT2D eigenvalue weighted by Gasteiger charge is 1.98. The predicted octanol–water partition coefficient (Wildman–Crippen LogP) is 3.97. The highest BCUT2D eigenvalue weighted by atomic mass is 32.1. The first-order chi connectivity index (χ1) is 7.72. The van der Waals surface area contributed by atoms with E-state index >= 15 is 0 Å². The maximum Gasteiger partial charge on any atom is 0.328 e. The largest absolute Gasteiger partial charge is 0.478 e. The molecule has 3 heteroatoms. The summed E-state index contributed by atoms with van der Waals surface area (Å²) in [7, 11) is 0. The monoisotopic (exact) mass is 238 g/mol. The number of hydrogen-bond donors (Lipinski definition) is 1. The Bertz CT molecular complexity index is 353. The normalized spacial score (nSPS) is 11.1. The lowest BCUT2D eigenvalue weighted by molar-refractivity contribution is -0.131. The van der Waals surface area contributed by atoms with E-state index in [0.29, 0.717) is 0 Å². The fraction of sp³-hybridized carbons (Fsp3) is 0.462. The molecule has 16 heavy (non-hydrogen) atoms. The van der Waals surface area contributed by atoms with Gasteiger partial charge in [-0.25, -0.2) is 4.79 Å². The zero-order chi connectivity index (χ0) is 11.8. The lowest BCUT2D eigenvalue weighted by atomic mass is 10.1. The molecular weight excluding hydrogens is 220 g/mol. The van der Waals surface area contributed by atoms with E-state index < -0.39 is 5.97 Å². The third-order valence-corrected chi connectivity index (χ3v) is 3.46. The van der Waals surface area contributed by atoms with Crippen LogP contribution in [0.15, 0.2) is 18.2 Å². The van der Waals surface area contributed by atoms with Gasteiger partial charge in [-0.15, -0.1) is 11.3 Å². The van der Waals surface area contributed by atoms with Gasteiger partial charge in [0.15, 0.2) is 0 Å². The standard InChI is InChI=1S/C13H18O2S/c1-2-3-4-5-6-11-7-8-12(16-11)9-10-13(14)15/h7-10H,2-6H2,1H3,(H,14,15)/b10-9+. The summed E-state index contributed by atoms with van der Waals surface area (Å²) in [5, 5.41) is 8.50. The number of carboxylic acids is 1. The fourth-order valence-electron chi connectivity index (χ4n) is 1.50. The van der Waals surface area contributed by atoms with Crippen LogP contribution in [-0.4, -0.2) is 11.1 Å². The second-order valence-corrected chi connectivity index (χ2v) is 4.99. The van der Waals surface area contributed by atoms with Gasteiger partial charge in [-0.05, 0) is 31.1 Å². The highest BCUT2D eigenvalue weighted by molar-refractivity contribution is 7.12. The summed E-state index contributed by atoms with van der Waals surface area (Å²) in [5.41, 5.74) is 0. The number of rotatable bonds is 7. The van der Waals surface area contributed by atoms with E-state index in [1.807, 2.05) is 6.07 Å². The Hall–Kier alpha value is -1.09. The Balaban J connectivity index is 2.36. The van der Waals surface area contributed by atoms with E-state index in [-0.39, 0.29) is 0 Å². The van der Waals surface area contributed by atoms with Crippen molar-refractivity contribution in [2.75, 3.05) is 0 Å². The molecular formula is C13H18O2S. The van der Waals surface area contributed by atoms with Crippen molar-refractivity contribution in [1.82, 2.24) is 0 Å². The molecule has 1 N–H and O–H groups in total. The minimum Gasteiger partial charge on any atom is -0.478 e. The van der Waals surface area contributed by atoms with Gasteiger partial charge in [0.25, 0.3) is 0 Å². The average molecular weight is 238 g/mol. The van der Waals surface area contributed by atoms with Crippen molar-refractivity contribution in [3.8, 4) is 0 Å². The molecule has 88 valence electrons. The molecule has 1 heterocycles. The molecule has 0 aliphatic rings. The molecule has 0 saturated heterocycles. The lowest BCUT2D eigenvalue weighted by Gasteiger charge is -1.96. The number of aliphatic carboxylic acids is 1. The first-order valence-electron chi connectivity index (χ1n) is 5.72. The Morgan fingerprint density at radius 1 is 1.38 bits per heavy atom. The van der Waals surface area contributed by atoms with Crippen LogP contribution in [0.4, 0.5) is 0 Å². The quantitative estimate of drug-likeness (QED) is 0.576. The van der Waals surface area contributed by atoms with Crippen LogP contribution in [0.2, 0.25) is 0 Å². The van der Waals surface area contributed by atoms with Gasteiger partial charge in [-0.2, -0.15) is 0 Å². The van der Waals surface area contributed by atoms with Gasteiger partial charge in [-0.3, -0.25) is 0 Å². The lowest BCUT2D eigenvalue weighted by Crippen LogP contribution is -1.84. The minimum atomic E-state index is -0.891. The first-order valence-corrected chi connectivity index (χ1v) is 6.53. The van der Waals surface area contributed by atoms with Crippen LogP contribution in [0.25, 0.3) is 6.08 Å². The van der Waals surface area contributed by atoms with Crippen molar-refractivity contribution in [2.24, 2.45) is 0 Å². The van der Waals surface area contributed by atoms with Crippen molar-refractivity contribution in [3.05, 3.63) is 28.0 Å². The molecule has 1 aromatic rings. The maximum atomic E-state index is 10.3. The number of thiophene rings is 1. The van der Waals surface area contributed by atoms with Crippen molar-refractivity contribution < 1.29 is 9.90 Å². The van der Waals surface area contributed by atoms with Gasteiger partial charge in [0.1, 0.15) is 0 Å². The average Bonchev–Trinajstić information content (AvgIpc) is 2.70. The Morgan fingerprint density at radius 3 is 2.88 bits per heavy atom. The topological polar surface area (TPSA) is 37.3 Å². The van der Waals surface area contributed by atoms with Crippen molar-refractivity contribution in [3.63, 3.8) is 0 Å². The van der Waals surface area contributed by atoms with E-state index in [9.17, 15) is 4.79 Å². The third-order valence-electron chi connectivity index (χ3n) is 2.35. The predicted molar refractivity (Wildman–Crippen MR) is 68.8 cm³/mol. The molecule has 0 atom stereocenters. The van der Waals surface area contributed by atoms with Crippen LogP contribution >= 0.6 is 11.3 Å². The van der Waals surface area contributed by atoms with E-state index in [1.54, 1.807) is 17.4 Å². The van der Waals surface area contributed by atoms with Crippen LogP contribution in [0.5, 0.6) is 0 Å². The Kier molecular flexibility index (Phi) is 5.86. The first kappa shape index (κ1) is 13.0. The number of hydrogen-bond acceptors (Lipinski definition) is 2. The third kappa shape index (κ3) is 5.12. The number of aryl methyl sites for hydroxylation is 1. The molecule has 0 aliphatic heterocycles. The smallest absolute Gasteiger partial charge is 0.328 e. The Morgan fingerprint density at radius 2 is 2.19 bits per heavy atom. The SMILES string of the molecule is CCCCCCc1ccc(/C=C/C(=O)O)s1. The van der Waals surface area contributed by atoms with Crippen LogP contribution < -0.4 is 0 Å². The summed E-state index contributed by atoms with van der Waals surface area (Å²) in [6.07, 6.45) is 9.04. The molecule has 0 bridgehead atoms. The number of carbonyl (C=O) groups is 1. The fourth-order valence-corrected chi connectivity index (χ4v) is 2.46. The summed E-state index contributed by atoms with van der Waals surface area (Å²) in [6.45, 7) is 2.21. The van der Waals surface area contributed by atoms with Gasteiger partial charge in [0.05, 0.1) is 0 Å². The van der Waals surface area contributed by atoms with Gasteiger partial charge in [-0.1, -0.05) is 26.2 Å². The van der Waals surface area contributed by atoms with Crippen LogP contribution in [0, 0.1) is 0 Å². The number of carboxylic acid groups (broad SMARTS) is 1. The molecule has 0 unspecified atom stereocenters. The second-order valence-electron chi connectivity index (χ2n) is 3.79. The molecule has 0 amide bonds. The minimum absolute atomic E-state index is 0.891. The molecule has 0 saturated carbocycles. The molecule has 1 aromatic heterocycles. The van der Waals surface area contributed by atoms with Crippen molar-refractivity contribution in [2.45, 2.75) is 39.0 Å². The van der Waals surface area contributed by atoms with Crippen molar-refractivity contribution in [1.29, 1.82) is 0 Å². The van der Waals surface area contributed by atoms with E-state index in [2.05, 4.69) is 13.0 Å². The summed E-state index contributed by atoms with van der Waals surface area (Å²) in [4.78, 5) is 12.7. The molecule has 2 nitrogen and oxygen atoms in total. The molecule has 0 spiro atoms. The zero-order valence-corrected chi connectivity index (χ0v) is 10.4. The second kappa shape index (κ2) is 7.23. The summed E-state index contributed by atoms with van der Waals surface area (Å²) in [5.74, 6) is -0.891. The summed E-state index contributed by atoms with van der Waals surface area (Å²) < 4.78 is 0. The van der Waals surface area contributed by atoms with Gasteiger partial charge in [0.2, 0.25) is 0 Å². The van der Waals surface area contributed by atoms with Crippen LogP contribution in [0.3, 0.4) is 0 Å². The summed E-state index contributed by atoms with van der Waals surface area (Å²) in [6, 6.07) is 4.08. The van der Waals surface area contributed by atoms with E-state index in [0.717, 1.165) is 11.3 Å². The molecule has 0 aromatic carbocycles. The molecule has 0 aliphatic carbocycles. The molecule has 1 rings (SSSR count). The maximum absolute atomic E-state index is 10.3. The van der Waals surface area contributed by atoms with Gasteiger partial charge < -0.3 is 5.11 Å². The number of unbranched alkanes of at least 4 members (excludes halogenated alkanes) is 3. The van der Waals surface area contributed by atoms with Gasteiger partial charge in [0, 0.05) is 15.8 Å². The molecule has 0 fully saturated rings. The Labute approximate surface area is 101 Å². The van der Waals surface area contributed by atoms with Crippen LogP contribution in [0.1, 0.15) is 42.4 Å². The highest BCUT2D eigenvalue weighted by Crippen LogP contribution is 2.20. The van der Waals surface area contributed by atoms with E-state index in [4.69, 9.17) is 5.11 Å².